The Morgan fingerprint density at radius 2 is 1.94 bits per heavy atom. The maximum absolute atomic E-state index is 12.9. The zero-order chi connectivity index (χ0) is 25.3. The second-order valence-corrected chi connectivity index (χ2v) is 10.3. The van der Waals surface area contributed by atoms with Gasteiger partial charge >= 0.3 is 5.97 Å². The first kappa shape index (κ1) is 23.5. The number of fused-ring (bicyclic) bond motifs is 3. The van der Waals surface area contributed by atoms with Crippen LogP contribution in [0.2, 0.25) is 0 Å². The van der Waals surface area contributed by atoms with Crippen LogP contribution in [0.3, 0.4) is 0 Å². The second kappa shape index (κ2) is 8.05. The first-order valence-electron chi connectivity index (χ1n) is 12.3. The van der Waals surface area contributed by atoms with Crippen LogP contribution in [0.4, 0.5) is 0 Å². The summed E-state index contributed by atoms with van der Waals surface area (Å²) in [5.74, 6) is -1.88. The van der Waals surface area contributed by atoms with E-state index >= 15 is 0 Å². The number of methoxy groups -OCH3 is 2. The van der Waals surface area contributed by atoms with Crippen molar-refractivity contribution in [2.24, 2.45) is 0 Å². The molecule has 190 valence electrons. The number of aliphatic hydroxyl groups is 1. The minimum absolute atomic E-state index is 0.0529. The van der Waals surface area contributed by atoms with Crippen molar-refractivity contribution in [3.8, 4) is 11.5 Å². The smallest absolute Gasteiger partial charge is 0.331 e. The van der Waals surface area contributed by atoms with Gasteiger partial charge in [0.15, 0.2) is 11.5 Å². The SMILES string of the molecule is COc1ccc2c(c1O)[C@@]13CCN(C)[C@@]14C[C@@H]2O[C@@]4(O)[C@@H](OC)[C@@H](OC(=O)/C=C/c1ccccc1)C3. The van der Waals surface area contributed by atoms with Gasteiger partial charge in [0.2, 0.25) is 5.79 Å². The molecule has 6 rings (SSSR count). The van der Waals surface area contributed by atoms with E-state index in [1.54, 1.807) is 12.1 Å². The molecule has 8 nitrogen and oxygen atoms in total. The van der Waals surface area contributed by atoms with E-state index in [1.807, 2.05) is 43.4 Å². The number of aromatic hydroxyl groups is 1. The summed E-state index contributed by atoms with van der Waals surface area (Å²) in [7, 11) is 4.99. The van der Waals surface area contributed by atoms with Crippen molar-refractivity contribution < 1.29 is 34.0 Å². The maximum Gasteiger partial charge on any atom is 0.331 e. The van der Waals surface area contributed by atoms with E-state index in [9.17, 15) is 15.0 Å². The lowest BCUT2D eigenvalue weighted by Gasteiger charge is -2.60. The van der Waals surface area contributed by atoms with Crippen molar-refractivity contribution in [3.05, 3.63) is 65.2 Å². The normalized spacial score (nSPS) is 36.5. The van der Waals surface area contributed by atoms with Crippen molar-refractivity contribution in [1.29, 1.82) is 0 Å². The van der Waals surface area contributed by atoms with Crippen molar-refractivity contribution in [2.45, 2.75) is 54.3 Å². The number of phenolic OH excluding ortho intramolecular Hbond substituents is 1. The molecule has 2 aliphatic carbocycles. The molecule has 36 heavy (non-hydrogen) atoms. The number of phenols is 1. The van der Waals surface area contributed by atoms with Crippen LogP contribution in [-0.4, -0.2) is 72.4 Å². The van der Waals surface area contributed by atoms with E-state index in [0.29, 0.717) is 37.1 Å². The van der Waals surface area contributed by atoms with Gasteiger partial charge in [-0.2, -0.15) is 0 Å². The molecule has 0 radical (unpaired) electrons. The van der Waals surface area contributed by atoms with Gasteiger partial charge in [-0.25, -0.2) is 4.79 Å². The summed E-state index contributed by atoms with van der Waals surface area (Å²) in [5.41, 5.74) is 0.833. The average molecular weight is 494 g/mol. The van der Waals surface area contributed by atoms with Crippen LogP contribution in [-0.2, 0) is 24.4 Å². The number of hydrogen-bond donors (Lipinski definition) is 2. The van der Waals surface area contributed by atoms with E-state index in [1.165, 1.54) is 20.3 Å². The molecule has 3 fully saturated rings. The van der Waals surface area contributed by atoms with Gasteiger partial charge in [-0.05, 0) is 49.7 Å². The Bertz CT molecular complexity index is 1230. The summed E-state index contributed by atoms with van der Waals surface area (Å²) in [5, 5.41) is 23.7. The summed E-state index contributed by atoms with van der Waals surface area (Å²) in [4.78, 5) is 15.1. The van der Waals surface area contributed by atoms with E-state index in [-0.39, 0.29) is 5.75 Å². The Morgan fingerprint density at radius 3 is 2.67 bits per heavy atom. The highest BCUT2D eigenvalue weighted by Crippen LogP contribution is 2.72. The molecule has 6 atom stereocenters. The fraction of sp³-hybridized carbons (Fsp3) is 0.464. The Balaban J connectivity index is 1.45. The van der Waals surface area contributed by atoms with Crippen LogP contribution < -0.4 is 4.74 Å². The van der Waals surface area contributed by atoms with Crippen molar-refractivity contribution in [2.75, 3.05) is 27.8 Å². The number of carbonyl (C=O) groups excluding carboxylic acids is 1. The van der Waals surface area contributed by atoms with E-state index < -0.39 is 41.0 Å². The summed E-state index contributed by atoms with van der Waals surface area (Å²) in [6, 6.07) is 13.1. The van der Waals surface area contributed by atoms with Crippen LogP contribution in [0.25, 0.3) is 6.08 Å². The van der Waals surface area contributed by atoms with Gasteiger partial charge in [-0.3, -0.25) is 4.90 Å². The Morgan fingerprint density at radius 1 is 1.17 bits per heavy atom. The monoisotopic (exact) mass is 493 g/mol. The third-order valence-corrected chi connectivity index (χ3v) is 8.94. The summed E-state index contributed by atoms with van der Waals surface area (Å²) in [6.07, 6.45) is 2.48. The highest BCUT2D eigenvalue weighted by Gasteiger charge is 2.82. The largest absolute Gasteiger partial charge is 0.504 e. The van der Waals surface area contributed by atoms with Crippen molar-refractivity contribution in [3.63, 3.8) is 0 Å². The lowest BCUT2D eigenvalue weighted by atomic mass is 9.50. The molecule has 0 amide bonds. The van der Waals surface area contributed by atoms with Gasteiger partial charge in [0.05, 0.1) is 18.8 Å². The Hall–Kier alpha value is -2.91. The third-order valence-electron chi connectivity index (χ3n) is 8.94. The highest BCUT2D eigenvalue weighted by atomic mass is 16.7. The van der Waals surface area contributed by atoms with Crippen LogP contribution in [0.1, 0.15) is 42.1 Å². The molecule has 2 aromatic carbocycles. The van der Waals surface area contributed by atoms with Gasteiger partial charge in [-0.15, -0.1) is 0 Å². The van der Waals surface area contributed by atoms with Crippen molar-refractivity contribution >= 4 is 12.0 Å². The molecule has 2 N–H and O–H groups in total. The summed E-state index contributed by atoms with van der Waals surface area (Å²) < 4.78 is 23.7. The number of nitrogens with zero attached hydrogens (tertiary/aromatic N) is 1. The third kappa shape index (κ3) is 2.81. The second-order valence-electron chi connectivity index (χ2n) is 10.3. The number of esters is 1. The molecule has 2 heterocycles. The molecule has 2 aliphatic heterocycles. The number of rotatable bonds is 5. The Kier molecular flexibility index (Phi) is 5.25. The van der Waals surface area contributed by atoms with Gasteiger partial charge in [0.1, 0.15) is 12.2 Å². The number of benzene rings is 2. The molecule has 1 spiro atoms. The molecule has 8 heteroatoms. The topological polar surface area (TPSA) is 97.7 Å². The molecule has 2 aromatic rings. The highest BCUT2D eigenvalue weighted by molar-refractivity contribution is 5.87. The van der Waals surface area contributed by atoms with Gasteiger partial charge in [0.25, 0.3) is 0 Å². The minimum atomic E-state index is -1.76. The number of likely N-dealkylation sites (tertiary alicyclic amines) is 1. The van der Waals surface area contributed by atoms with Gasteiger partial charge in [0, 0.05) is 30.6 Å². The summed E-state index contributed by atoms with van der Waals surface area (Å²) in [6.45, 7) is 0.680. The molecule has 2 bridgehead atoms. The van der Waals surface area contributed by atoms with E-state index in [4.69, 9.17) is 18.9 Å². The zero-order valence-corrected chi connectivity index (χ0v) is 20.6. The molecular weight excluding hydrogens is 462 g/mol. The molecule has 2 saturated heterocycles. The Labute approximate surface area is 210 Å². The lowest BCUT2D eigenvalue weighted by Crippen LogP contribution is -2.77. The molecule has 0 aromatic heterocycles. The molecule has 1 saturated carbocycles. The van der Waals surface area contributed by atoms with Gasteiger partial charge < -0.3 is 29.2 Å². The van der Waals surface area contributed by atoms with Crippen LogP contribution in [0.5, 0.6) is 11.5 Å². The standard InChI is InChI=1S/C28H31NO7/c1-29-14-13-26-15-21(35-22(30)12-9-17-7-5-4-6-8-17)25(34-3)28(32)27(26,29)16-20(36-28)18-10-11-19(33-2)24(31)23(18)26/h4-12,20-21,25,31-32H,13-16H2,1-3H3/b12-9+/t20-,21-,25-,26-,27-,28-/m0/s1. The number of likely N-dealkylation sites (N-methyl/N-ethyl adjacent to an activating group) is 1. The predicted octanol–water partition coefficient (Wildman–Crippen LogP) is 2.92. The van der Waals surface area contributed by atoms with E-state index in [2.05, 4.69) is 4.90 Å². The number of hydrogen-bond acceptors (Lipinski definition) is 8. The summed E-state index contributed by atoms with van der Waals surface area (Å²) >= 11 is 0. The van der Waals surface area contributed by atoms with Gasteiger partial charge in [-0.1, -0.05) is 36.4 Å². The lowest BCUT2D eigenvalue weighted by molar-refractivity contribution is -0.329. The fourth-order valence-electron chi connectivity index (χ4n) is 7.60. The maximum atomic E-state index is 12.9. The van der Waals surface area contributed by atoms with Crippen molar-refractivity contribution in [1.82, 2.24) is 4.90 Å². The molecule has 0 unspecified atom stereocenters. The van der Waals surface area contributed by atoms with Crippen LogP contribution >= 0.6 is 0 Å². The van der Waals surface area contributed by atoms with Crippen LogP contribution in [0.15, 0.2) is 48.5 Å². The number of carbonyl (C=O) groups is 1. The molecule has 4 aliphatic rings. The zero-order valence-electron chi connectivity index (χ0n) is 20.6. The minimum Gasteiger partial charge on any atom is -0.504 e. The van der Waals surface area contributed by atoms with Crippen LogP contribution in [0, 0.1) is 0 Å². The first-order chi connectivity index (χ1) is 17.3. The van der Waals surface area contributed by atoms with E-state index in [0.717, 1.165) is 11.1 Å². The fourth-order valence-corrected chi connectivity index (χ4v) is 7.60. The predicted molar refractivity (Wildman–Crippen MR) is 130 cm³/mol. The first-order valence-corrected chi connectivity index (χ1v) is 12.3. The number of ether oxygens (including phenoxy) is 4. The average Bonchev–Trinajstić information content (AvgIpc) is 3.35. The molecular formula is C28H31NO7. The quantitative estimate of drug-likeness (QED) is 0.485.